The van der Waals surface area contributed by atoms with Crippen LogP contribution in [0.25, 0.3) is 0 Å². The van der Waals surface area contributed by atoms with Gasteiger partial charge >= 0.3 is 0 Å². The fourth-order valence-corrected chi connectivity index (χ4v) is 4.28. The van der Waals surface area contributed by atoms with Gasteiger partial charge in [0.15, 0.2) is 9.84 Å². The minimum atomic E-state index is -2.99. The van der Waals surface area contributed by atoms with Crippen LogP contribution in [0.5, 0.6) is 0 Å². The fraction of sp³-hybridized carbons (Fsp3) is 0.267. The number of para-hydroxylation sites is 1. The molecule has 1 aromatic heterocycles. The Hall–Kier alpha value is -2.19. The Kier molecular flexibility index (Phi) is 4.68. The van der Waals surface area contributed by atoms with Gasteiger partial charge in [-0.2, -0.15) is 0 Å². The van der Waals surface area contributed by atoms with Gasteiger partial charge in [0, 0.05) is 12.1 Å². The summed E-state index contributed by atoms with van der Waals surface area (Å²) in [5.41, 5.74) is 0.646. The second kappa shape index (κ2) is 6.74. The van der Waals surface area contributed by atoms with E-state index in [1.54, 1.807) is 24.3 Å². The summed E-state index contributed by atoms with van der Waals surface area (Å²) >= 11 is 6.01. The van der Waals surface area contributed by atoms with E-state index in [0.717, 1.165) is 0 Å². The van der Waals surface area contributed by atoms with Crippen molar-refractivity contribution in [3.05, 3.63) is 47.4 Å². The first-order chi connectivity index (χ1) is 11.4. The van der Waals surface area contributed by atoms with Crippen LogP contribution in [0.3, 0.4) is 0 Å². The summed E-state index contributed by atoms with van der Waals surface area (Å²) in [5.74, 6) is 0.220. The minimum Gasteiger partial charge on any atom is -0.366 e. The molecule has 0 saturated carbocycles. The Morgan fingerprint density at radius 1 is 1.25 bits per heavy atom. The lowest BCUT2D eigenvalue weighted by Crippen LogP contribution is -2.22. The van der Waals surface area contributed by atoms with E-state index in [1.807, 2.05) is 0 Å². The van der Waals surface area contributed by atoms with Gasteiger partial charge in [-0.1, -0.05) is 23.7 Å². The zero-order chi connectivity index (χ0) is 17.2. The number of rotatable bonds is 4. The molecule has 2 N–H and O–H groups in total. The highest BCUT2D eigenvalue weighted by Gasteiger charge is 2.28. The number of amides is 1. The third kappa shape index (κ3) is 4.01. The van der Waals surface area contributed by atoms with Crippen LogP contribution in [0.15, 0.2) is 36.7 Å². The summed E-state index contributed by atoms with van der Waals surface area (Å²) in [6.07, 6.45) is 1.78. The van der Waals surface area contributed by atoms with E-state index in [2.05, 4.69) is 20.6 Å². The zero-order valence-electron chi connectivity index (χ0n) is 12.6. The first-order valence-corrected chi connectivity index (χ1v) is 9.48. The summed E-state index contributed by atoms with van der Waals surface area (Å²) in [5, 5.41) is 6.13. The van der Waals surface area contributed by atoms with Crippen molar-refractivity contribution in [2.75, 3.05) is 22.1 Å². The molecule has 1 aromatic carbocycles. The van der Waals surface area contributed by atoms with Crippen LogP contribution in [0, 0.1) is 0 Å². The highest BCUT2D eigenvalue weighted by Crippen LogP contribution is 2.21. The summed E-state index contributed by atoms with van der Waals surface area (Å²) in [6.45, 7) is 0. The van der Waals surface area contributed by atoms with Crippen LogP contribution in [-0.2, 0) is 9.84 Å². The van der Waals surface area contributed by atoms with Crippen LogP contribution in [-0.4, -0.2) is 41.8 Å². The maximum absolute atomic E-state index is 12.3. The highest BCUT2D eigenvalue weighted by atomic mass is 35.5. The van der Waals surface area contributed by atoms with Crippen molar-refractivity contribution in [3.8, 4) is 0 Å². The number of halogens is 1. The van der Waals surface area contributed by atoms with E-state index in [9.17, 15) is 13.2 Å². The number of carbonyl (C=O) groups excluding carboxylic acids is 1. The van der Waals surface area contributed by atoms with Crippen LogP contribution < -0.4 is 10.6 Å². The predicted octanol–water partition coefficient (Wildman–Crippen LogP) is 1.98. The van der Waals surface area contributed by atoms with Gasteiger partial charge in [-0.3, -0.25) is 4.79 Å². The van der Waals surface area contributed by atoms with E-state index in [1.165, 1.54) is 12.4 Å². The number of carbonyl (C=O) groups is 1. The first-order valence-electron chi connectivity index (χ1n) is 7.28. The Balaban J connectivity index is 1.71. The molecule has 1 aliphatic heterocycles. The second-order valence-corrected chi connectivity index (χ2v) is 8.10. The number of aromatic nitrogens is 2. The lowest BCUT2D eigenvalue weighted by Gasteiger charge is -2.12. The number of benzene rings is 1. The molecule has 0 radical (unpaired) electrons. The molecule has 3 rings (SSSR count). The molecule has 1 amide bonds. The lowest BCUT2D eigenvalue weighted by molar-refractivity contribution is 0.102. The molecule has 2 aromatic rings. The zero-order valence-corrected chi connectivity index (χ0v) is 14.1. The molecule has 0 bridgehead atoms. The van der Waals surface area contributed by atoms with Gasteiger partial charge in [-0.15, -0.1) is 0 Å². The standard InChI is InChI=1S/C15H15ClN4O3S/c16-11-3-1-2-4-12(11)20-15(21)13-7-14(18-9-17-13)19-10-5-6-24(22,23)8-10/h1-4,7,9-10H,5-6,8H2,(H,20,21)(H,17,18,19). The molecule has 1 atom stereocenters. The van der Waals surface area contributed by atoms with E-state index >= 15 is 0 Å². The molecule has 0 spiro atoms. The number of hydrogen-bond acceptors (Lipinski definition) is 6. The summed E-state index contributed by atoms with van der Waals surface area (Å²) in [4.78, 5) is 20.3. The van der Waals surface area contributed by atoms with Crippen LogP contribution >= 0.6 is 11.6 Å². The Morgan fingerprint density at radius 2 is 2.04 bits per heavy atom. The molecular formula is C15H15ClN4O3S. The average Bonchev–Trinajstić information content (AvgIpc) is 2.88. The number of hydrogen-bond donors (Lipinski definition) is 2. The number of sulfone groups is 1. The van der Waals surface area contributed by atoms with E-state index < -0.39 is 15.7 Å². The number of nitrogens with one attached hydrogen (secondary N) is 2. The Bertz CT molecular complexity index is 873. The van der Waals surface area contributed by atoms with Crippen LogP contribution in [0.1, 0.15) is 16.9 Å². The number of anilines is 2. The molecule has 1 aliphatic rings. The summed E-state index contributed by atoms with van der Waals surface area (Å²) in [6, 6.07) is 8.16. The SMILES string of the molecule is O=C(Nc1ccccc1Cl)c1cc(NC2CCS(=O)(=O)C2)ncn1. The highest BCUT2D eigenvalue weighted by molar-refractivity contribution is 7.91. The van der Waals surface area contributed by atoms with Crippen LogP contribution in [0.4, 0.5) is 11.5 Å². The van der Waals surface area contributed by atoms with E-state index in [-0.39, 0.29) is 23.2 Å². The molecule has 9 heteroatoms. The Labute approximate surface area is 144 Å². The smallest absolute Gasteiger partial charge is 0.274 e. The maximum Gasteiger partial charge on any atom is 0.274 e. The Morgan fingerprint density at radius 3 is 2.75 bits per heavy atom. The molecule has 1 saturated heterocycles. The van der Waals surface area contributed by atoms with Gasteiger partial charge in [0.2, 0.25) is 0 Å². The maximum atomic E-state index is 12.3. The molecule has 0 aliphatic carbocycles. The molecule has 1 unspecified atom stereocenters. The van der Waals surface area contributed by atoms with Gasteiger partial charge in [-0.25, -0.2) is 18.4 Å². The monoisotopic (exact) mass is 366 g/mol. The van der Waals surface area contributed by atoms with Gasteiger partial charge in [-0.05, 0) is 18.6 Å². The van der Waals surface area contributed by atoms with Gasteiger partial charge in [0.25, 0.3) is 5.91 Å². The first kappa shape index (κ1) is 16.7. The third-order valence-corrected chi connectivity index (χ3v) is 5.70. The van der Waals surface area contributed by atoms with Gasteiger partial charge < -0.3 is 10.6 Å². The summed E-state index contributed by atoms with van der Waals surface area (Å²) in [7, 11) is -2.99. The van der Waals surface area contributed by atoms with Crippen LogP contribution in [0.2, 0.25) is 5.02 Å². The fourth-order valence-electron chi connectivity index (χ4n) is 2.43. The molecule has 24 heavy (non-hydrogen) atoms. The predicted molar refractivity (Wildman–Crippen MR) is 92.1 cm³/mol. The second-order valence-electron chi connectivity index (χ2n) is 5.47. The minimum absolute atomic E-state index is 0.0676. The van der Waals surface area contributed by atoms with Crippen molar-refractivity contribution in [2.24, 2.45) is 0 Å². The van der Waals surface area contributed by atoms with Crippen molar-refractivity contribution in [1.29, 1.82) is 0 Å². The largest absolute Gasteiger partial charge is 0.366 e. The average molecular weight is 367 g/mol. The molecule has 2 heterocycles. The van der Waals surface area contributed by atoms with Crippen molar-refractivity contribution in [3.63, 3.8) is 0 Å². The molecule has 1 fully saturated rings. The van der Waals surface area contributed by atoms with E-state index in [0.29, 0.717) is 22.9 Å². The van der Waals surface area contributed by atoms with Crippen molar-refractivity contribution < 1.29 is 13.2 Å². The van der Waals surface area contributed by atoms with Gasteiger partial charge in [0.05, 0.1) is 22.2 Å². The quantitative estimate of drug-likeness (QED) is 0.858. The lowest BCUT2D eigenvalue weighted by atomic mass is 10.2. The molecular weight excluding hydrogens is 352 g/mol. The van der Waals surface area contributed by atoms with Gasteiger partial charge in [0.1, 0.15) is 17.8 Å². The van der Waals surface area contributed by atoms with Crippen molar-refractivity contribution >= 4 is 38.9 Å². The number of nitrogens with zero attached hydrogens (tertiary/aromatic N) is 2. The normalized spacial score (nSPS) is 19.0. The topological polar surface area (TPSA) is 101 Å². The van der Waals surface area contributed by atoms with Crippen molar-refractivity contribution in [2.45, 2.75) is 12.5 Å². The molecule has 126 valence electrons. The molecule has 7 nitrogen and oxygen atoms in total. The summed E-state index contributed by atoms with van der Waals surface area (Å²) < 4.78 is 23.0. The van der Waals surface area contributed by atoms with E-state index in [4.69, 9.17) is 11.6 Å². The van der Waals surface area contributed by atoms with Crippen molar-refractivity contribution in [1.82, 2.24) is 9.97 Å². The third-order valence-electron chi connectivity index (χ3n) is 3.61.